The van der Waals surface area contributed by atoms with Crippen molar-refractivity contribution in [1.29, 1.82) is 0 Å². The standard InChI is InChI=1S/C17H24N2O4/c1-3-23-11-14-7-5-4-6-13(14)10-18-16(22)19-9-8-17(2,12-19)15(20)21/h4-7H,3,8-12H2,1-2H3,(H,18,22)(H,20,21). The number of nitrogens with zero attached hydrogens (tertiary/aromatic N) is 1. The van der Waals surface area contributed by atoms with Gasteiger partial charge in [0.25, 0.3) is 0 Å². The molecule has 1 aliphatic rings. The van der Waals surface area contributed by atoms with Crippen LogP contribution >= 0.6 is 0 Å². The van der Waals surface area contributed by atoms with Gasteiger partial charge in [-0.3, -0.25) is 4.79 Å². The van der Waals surface area contributed by atoms with Gasteiger partial charge in [0.15, 0.2) is 0 Å². The van der Waals surface area contributed by atoms with E-state index < -0.39 is 11.4 Å². The van der Waals surface area contributed by atoms with Crippen molar-refractivity contribution in [2.75, 3.05) is 19.7 Å². The first-order chi connectivity index (χ1) is 11.0. The van der Waals surface area contributed by atoms with E-state index in [2.05, 4.69) is 5.32 Å². The molecular weight excluding hydrogens is 296 g/mol. The summed E-state index contributed by atoms with van der Waals surface area (Å²) in [4.78, 5) is 25.1. The van der Waals surface area contributed by atoms with Crippen molar-refractivity contribution in [3.8, 4) is 0 Å². The van der Waals surface area contributed by atoms with Gasteiger partial charge in [-0.2, -0.15) is 0 Å². The molecule has 1 unspecified atom stereocenters. The molecule has 1 aromatic rings. The Hall–Kier alpha value is -2.08. The number of carbonyl (C=O) groups is 2. The molecule has 126 valence electrons. The minimum atomic E-state index is -0.852. The molecule has 0 aliphatic carbocycles. The van der Waals surface area contributed by atoms with Crippen molar-refractivity contribution < 1.29 is 19.4 Å². The zero-order valence-electron chi connectivity index (χ0n) is 13.7. The zero-order valence-corrected chi connectivity index (χ0v) is 13.7. The lowest BCUT2D eigenvalue weighted by molar-refractivity contribution is -0.147. The fraction of sp³-hybridized carbons (Fsp3) is 0.529. The summed E-state index contributed by atoms with van der Waals surface area (Å²) in [7, 11) is 0. The number of hydrogen-bond acceptors (Lipinski definition) is 3. The summed E-state index contributed by atoms with van der Waals surface area (Å²) < 4.78 is 5.43. The second-order valence-corrected chi connectivity index (χ2v) is 6.10. The van der Waals surface area contributed by atoms with Crippen LogP contribution in [0.25, 0.3) is 0 Å². The van der Waals surface area contributed by atoms with Crippen LogP contribution in [-0.4, -0.2) is 41.7 Å². The first-order valence-electron chi connectivity index (χ1n) is 7.87. The van der Waals surface area contributed by atoms with Crippen molar-refractivity contribution in [3.05, 3.63) is 35.4 Å². The molecule has 1 aromatic carbocycles. The van der Waals surface area contributed by atoms with Gasteiger partial charge in [-0.05, 0) is 31.4 Å². The maximum atomic E-state index is 12.2. The average molecular weight is 320 g/mol. The highest BCUT2D eigenvalue weighted by molar-refractivity contribution is 5.79. The molecule has 23 heavy (non-hydrogen) atoms. The van der Waals surface area contributed by atoms with E-state index in [1.165, 1.54) is 0 Å². The number of urea groups is 1. The molecule has 2 rings (SSSR count). The van der Waals surface area contributed by atoms with Crippen LogP contribution in [0.5, 0.6) is 0 Å². The van der Waals surface area contributed by atoms with E-state index in [4.69, 9.17) is 4.74 Å². The molecule has 6 heteroatoms. The summed E-state index contributed by atoms with van der Waals surface area (Å²) in [6.07, 6.45) is 0.483. The number of aliphatic carboxylic acids is 1. The van der Waals surface area contributed by atoms with Gasteiger partial charge in [-0.1, -0.05) is 24.3 Å². The minimum absolute atomic E-state index is 0.221. The summed E-state index contributed by atoms with van der Waals surface area (Å²) in [6, 6.07) is 7.59. The van der Waals surface area contributed by atoms with E-state index in [0.717, 1.165) is 11.1 Å². The van der Waals surface area contributed by atoms with Gasteiger partial charge in [0.05, 0.1) is 12.0 Å². The topological polar surface area (TPSA) is 78.9 Å². The first-order valence-corrected chi connectivity index (χ1v) is 7.87. The smallest absolute Gasteiger partial charge is 0.317 e. The van der Waals surface area contributed by atoms with Crippen molar-refractivity contribution in [2.45, 2.75) is 33.4 Å². The number of carbonyl (C=O) groups excluding carboxylic acids is 1. The molecular formula is C17H24N2O4. The van der Waals surface area contributed by atoms with Crippen LogP contribution in [-0.2, 0) is 22.7 Å². The lowest BCUT2D eigenvalue weighted by atomic mass is 9.90. The Labute approximate surface area is 136 Å². The molecule has 2 N–H and O–H groups in total. The van der Waals surface area contributed by atoms with Crippen LogP contribution in [0.15, 0.2) is 24.3 Å². The molecule has 1 atom stereocenters. The average Bonchev–Trinajstić information content (AvgIpc) is 2.95. The first kappa shape index (κ1) is 17.3. The van der Waals surface area contributed by atoms with E-state index in [1.807, 2.05) is 31.2 Å². The number of carboxylic acid groups (broad SMARTS) is 1. The van der Waals surface area contributed by atoms with Crippen LogP contribution in [0.3, 0.4) is 0 Å². The number of carboxylic acids is 1. The van der Waals surface area contributed by atoms with Crippen LogP contribution in [0.2, 0.25) is 0 Å². The second-order valence-electron chi connectivity index (χ2n) is 6.10. The Kier molecular flexibility index (Phi) is 5.60. The van der Waals surface area contributed by atoms with Crippen LogP contribution in [0.1, 0.15) is 31.4 Å². The van der Waals surface area contributed by atoms with Gasteiger partial charge in [-0.15, -0.1) is 0 Å². The van der Waals surface area contributed by atoms with Gasteiger partial charge in [0.1, 0.15) is 0 Å². The molecule has 0 saturated carbocycles. The monoisotopic (exact) mass is 320 g/mol. The van der Waals surface area contributed by atoms with E-state index in [0.29, 0.717) is 32.7 Å². The van der Waals surface area contributed by atoms with Crippen LogP contribution in [0, 0.1) is 5.41 Å². The van der Waals surface area contributed by atoms with Crippen LogP contribution < -0.4 is 5.32 Å². The molecule has 6 nitrogen and oxygen atoms in total. The third kappa shape index (κ3) is 4.22. The summed E-state index contributed by atoms with van der Waals surface area (Å²) in [5, 5.41) is 12.1. The Bertz CT molecular complexity index is 575. The fourth-order valence-corrected chi connectivity index (χ4v) is 2.67. The summed E-state index contributed by atoms with van der Waals surface area (Å²) in [6.45, 7) is 5.90. The van der Waals surface area contributed by atoms with Gasteiger partial charge >= 0.3 is 12.0 Å². The maximum absolute atomic E-state index is 12.2. The quantitative estimate of drug-likeness (QED) is 0.842. The van der Waals surface area contributed by atoms with E-state index in [9.17, 15) is 14.7 Å². The van der Waals surface area contributed by atoms with Gasteiger partial charge in [0.2, 0.25) is 0 Å². The molecule has 1 aliphatic heterocycles. The summed E-state index contributed by atoms with van der Waals surface area (Å²) in [5.74, 6) is -0.852. The van der Waals surface area contributed by atoms with E-state index >= 15 is 0 Å². The Morgan fingerprint density at radius 1 is 1.35 bits per heavy atom. The van der Waals surface area contributed by atoms with Crippen molar-refractivity contribution >= 4 is 12.0 Å². The fourth-order valence-electron chi connectivity index (χ4n) is 2.67. The number of likely N-dealkylation sites (tertiary alicyclic amines) is 1. The predicted octanol–water partition coefficient (Wildman–Crippen LogP) is 2.23. The van der Waals surface area contributed by atoms with Gasteiger partial charge < -0.3 is 20.1 Å². The van der Waals surface area contributed by atoms with Crippen molar-refractivity contribution in [3.63, 3.8) is 0 Å². The number of hydrogen-bond donors (Lipinski definition) is 2. The lowest BCUT2D eigenvalue weighted by Gasteiger charge is -2.21. The van der Waals surface area contributed by atoms with E-state index in [1.54, 1.807) is 11.8 Å². The summed E-state index contributed by atoms with van der Waals surface area (Å²) in [5.41, 5.74) is 1.21. The third-order valence-corrected chi connectivity index (χ3v) is 4.29. The molecule has 2 amide bonds. The largest absolute Gasteiger partial charge is 0.481 e. The highest BCUT2D eigenvalue weighted by Gasteiger charge is 2.42. The SMILES string of the molecule is CCOCc1ccccc1CNC(=O)N1CCC(C)(C(=O)O)C1. The molecule has 1 heterocycles. The predicted molar refractivity (Wildman–Crippen MR) is 85.9 cm³/mol. The van der Waals surface area contributed by atoms with Crippen molar-refractivity contribution in [1.82, 2.24) is 10.2 Å². The van der Waals surface area contributed by atoms with Crippen molar-refractivity contribution in [2.24, 2.45) is 5.41 Å². The van der Waals surface area contributed by atoms with E-state index in [-0.39, 0.29) is 12.6 Å². The molecule has 0 spiro atoms. The lowest BCUT2D eigenvalue weighted by Crippen LogP contribution is -2.40. The van der Waals surface area contributed by atoms with Gasteiger partial charge in [0, 0.05) is 26.2 Å². The number of ether oxygens (including phenoxy) is 1. The molecule has 0 bridgehead atoms. The molecule has 0 radical (unpaired) electrons. The Morgan fingerprint density at radius 3 is 2.65 bits per heavy atom. The van der Waals surface area contributed by atoms with Crippen LogP contribution in [0.4, 0.5) is 4.79 Å². The maximum Gasteiger partial charge on any atom is 0.317 e. The minimum Gasteiger partial charge on any atom is -0.481 e. The Balaban J connectivity index is 1.92. The second kappa shape index (κ2) is 7.46. The number of nitrogens with one attached hydrogen (secondary N) is 1. The molecule has 1 saturated heterocycles. The number of benzene rings is 1. The zero-order chi connectivity index (χ0) is 16.9. The van der Waals surface area contributed by atoms with Gasteiger partial charge in [-0.25, -0.2) is 4.79 Å². The third-order valence-electron chi connectivity index (χ3n) is 4.29. The number of rotatable bonds is 6. The molecule has 0 aromatic heterocycles. The number of amides is 2. The highest BCUT2D eigenvalue weighted by Crippen LogP contribution is 2.30. The summed E-state index contributed by atoms with van der Waals surface area (Å²) >= 11 is 0. The molecule has 1 fully saturated rings. The normalized spacial score (nSPS) is 20.5. The highest BCUT2D eigenvalue weighted by atomic mass is 16.5. The Morgan fingerprint density at radius 2 is 2.04 bits per heavy atom.